The molecule has 1 aliphatic carbocycles. The van der Waals surface area contributed by atoms with Crippen molar-refractivity contribution in [3.63, 3.8) is 0 Å². The highest BCUT2D eigenvalue weighted by molar-refractivity contribution is 6.02. The van der Waals surface area contributed by atoms with Gasteiger partial charge >= 0.3 is 0 Å². The fraction of sp³-hybridized carbons (Fsp3) is 0.536. The predicted molar refractivity (Wildman–Crippen MR) is 129 cm³/mol. The highest BCUT2D eigenvalue weighted by Crippen LogP contribution is 2.54. The topological polar surface area (TPSA) is 43.3 Å². The maximum atomic E-state index is 6.82. The number of rotatable bonds is 3. The van der Waals surface area contributed by atoms with Crippen LogP contribution in [0.15, 0.2) is 47.6 Å². The standard InChI is InChI=1S/C28H34N2O3/c1-4-27(2,3)20-11-13-28(14-12-20)30-23(21-7-5-6-8-24(21)33-28)18-22(29-30)19-9-10-25-26(17-19)32-16-15-31-25/h5-10,17,20,23H,4,11-16,18H2,1-3H3/t20?,23-,28?/m0/s1. The summed E-state index contributed by atoms with van der Waals surface area (Å²) in [4.78, 5) is 0. The first-order valence-electron chi connectivity index (χ1n) is 12.5. The maximum absolute atomic E-state index is 6.82. The van der Waals surface area contributed by atoms with Crippen LogP contribution in [0.1, 0.15) is 76.5 Å². The van der Waals surface area contributed by atoms with Gasteiger partial charge in [0.2, 0.25) is 0 Å². The van der Waals surface area contributed by atoms with Crippen molar-refractivity contribution in [1.29, 1.82) is 0 Å². The Morgan fingerprint density at radius 3 is 2.55 bits per heavy atom. The molecule has 0 unspecified atom stereocenters. The molecule has 1 atom stereocenters. The summed E-state index contributed by atoms with van der Waals surface area (Å²) in [5.74, 6) is 3.41. The van der Waals surface area contributed by atoms with Gasteiger partial charge in [-0.05, 0) is 48.4 Å². The van der Waals surface area contributed by atoms with Gasteiger partial charge < -0.3 is 14.2 Å². The molecule has 3 aliphatic heterocycles. The normalized spacial score (nSPS) is 28.1. The minimum atomic E-state index is -0.352. The Morgan fingerprint density at radius 1 is 1.00 bits per heavy atom. The number of ether oxygens (including phenoxy) is 3. The van der Waals surface area contributed by atoms with Gasteiger partial charge in [-0.3, -0.25) is 0 Å². The van der Waals surface area contributed by atoms with Crippen LogP contribution in [0.4, 0.5) is 0 Å². The van der Waals surface area contributed by atoms with Gasteiger partial charge in [0.15, 0.2) is 17.2 Å². The Labute approximate surface area is 196 Å². The molecule has 5 nitrogen and oxygen atoms in total. The molecule has 5 heteroatoms. The molecule has 2 aromatic rings. The van der Waals surface area contributed by atoms with Crippen LogP contribution in [0, 0.1) is 11.3 Å². The van der Waals surface area contributed by atoms with E-state index in [1.54, 1.807) is 0 Å². The molecule has 33 heavy (non-hydrogen) atoms. The van der Waals surface area contributed by atoms with Crippen molar-refractivity contribution in [2.75, 3.05) is 13.2 Å². The molecule has 174 valence electrons. The molecule has 3 heterocycles. The van der Waals surface area contributed by atoms with E-state index < -0.39 is 0 Å². The summed E-state index contributed by atoms with van der Waals surface area (Å²) in [6.07, 6.45) is 6.49. The number of hydrazone groups is 1. The first-order chi connectivity index (χ1) is 16.0. The fourth-order valence-electron chi connectivity index (χ4n) is 6.10. The van der Waals surface area contributed by atoms with E-state index in [9.17, 15) is 0 Å². The van der Waals surface area contributed by atoms with Crippen LogP contribution < -0.4 is 14.2 Å². The van der Waals surface area contributed by atoms with E-state index in [-0.39, 0.29) is 11.8 Å². The van der Waals surface area contributed by atoms with Crippen molar-refractivity contribution in [3.8, 4) is 17.2 Å². The second-order valence-corrected chi connectivity index (χ2v) is 10.7. The summed E-state index contributed by atoms with van der Waals surface area (Å²) in [7, 11) is 0. The van der Waals surface area contributed by atoms with Gasteiger partial charge in [0, 0.05) is 30.4 Å². The van der Waals surface area contributed by atoms with Crippen molar-refractivity contribution < 1.29 is 14.2 Å². The molecule has 0 N–H and O–H groups in total. The van der Waals surface area contributed by atoms with Crippen molar-refractivity contribution in [2.45, 2.75) is 71.1 Å². The molecule has 1 fully saturated rings. The Hall–Kier alpha value is -2.69. The number of nitrogens with zero attached hydrogens (tertiary/aromatic N) is 2. The zero-order chi connectivity index (χ0) is 22.6. The summed E-state index contributed by atoms with van der Waals surface area (Å²) in [5.41, 5.74) is 3.48. The third kappa shape index (κ3) is 3.39. The molecule has 4 aliphatic rings. The molecule has 0 amide bonds. The van der Waals surface area contributed by atoms with Crippen LogP contribution in [-0.2, 0) is 0 Å². The molecule has 0 aromatic heterocycles. The lowest BCUT2D eigenvalue weighted by atomic mass is 9.67. The largest absolute Gasteiger partial charge is 0.486 e. The van der Waals surface area contributed by atoms with Crippen LogP contribution in [0.2, 0.25) is 0 Å². The number of para-hydroxylation sites is 1. The average molecular weight is 447 g/mol. The zero-order valence-electron chi connectivity index (χ0n) is 20.0. The van der Waals surface area contributed by atoms with Crippen LogP contribution in [0.5, 0.6) is 17.2 Å². The molecule has 0 radical (unpaired) electrons. The van der Waals surface area contributed by atoms with Gasteiger partial charge in [-0.2, -0.15) is 5.10 Å². The second-order valence-electron chi connectivity index (χ2n) is 10.7. The first kappa shape index (κ1) is 20.9. The molecule has 1 saturated carbocycles. The Morgan fingerprint density at radius 2 is 1.76 bits per heavy atom. The average Bonchev–Trinajstić information content (AvgIpc) is 3.31. The second kappa shape index (κ2) is 7.68. The third-order valence-corrected chi connectivity index (χ3v) is 8.56. The molecule has 1 spiro atoms. The summed E-state index contributed by atoms with van der Waals surface area (Å²) < 4.78 is 18.4. The van der Waals surface area contributed by atoms with Crippen molar-refractivity contribution >= 4 is 5.71 Å². The van der Waals surface area contributed by atoms with Gasteiger partial charge in [0.1, 0.15) is 19.0 Å². The van der Waals surface area contributed by atoms with E-state index in [0.717, 1.165) is 53.7 Å². The predicted octanol–water partition coefficient (Wildman–Crippen LogP) is 6.32. The van der Waals surface area contributed by atoms with Gasteiger partial charge in [0.25, 0.3) is 0 Å². The van der Waals surface area contributed by atoms with Crippen LogP contribution in [0.25, 0.3) is 0 Å². The van der Waals surface area contributed by atoms with Crippen molar-refractivity contribution in [3.05, 3.63) is 53.6 Å². The van der Waals surface area contributed by atoms with E-state index in [4.69, 9.17) is 19.3 Å². The van der Waals surface area contributed by atoms with Crippen LogP contribution in [0.3, 0.4) is 0 Å². The lowest BCUT2D eigenvalue weighted by Gasteiger charge is -2.52. The summed E-state index contributed by atoms with van der Waals surface area (Å²) in [6.45, 7) is 8.36. The highest BCUT2D eigenvalue weighted by Gasteiger charge is 2.53. The maximum Gasteiger partial charge on any atom is 0.198 e. The van der Waals surface area contributed by atoms with Crippen molar-refractivity contribution in [2.24, 2.45) is 16.4 Å². The number of benzene rings is 2. The monoisotopic (exact) mass is 446 g/mol. The third-order valence-electron chi connectivity index (χ3n) is 8.56. The Kier molecular flexibility index (Phi) is 4.86. The van der Waals surface area contributed by atoms with Gasteiger partial charge in [-0.1, -0.05) is 45.4 Å². The molecule has 6 rings (SSSR count). The van der Waals surface area contributed by atoms with Crippen LogP contribution >= 0.6 is 0 Å². The number of fused-ring (bicyclic) bond motifs is 5. The zero-order valence-corrected chi connectivity index (χ0v) is 20.0. The lowest BCUT2D eigenvalue weighted by molar-refractivity contribution is -0.152. The van der Waals surface area contributed by atoms with Crippen molar-refractivity contribution in [1.82, 2.24) is 5.01 Å². The number of hydrogen-bond donors (Lipinski definition) is 0. The molecule has 0 saturated heterocycles. The Bertz CT molecular complexity index is 1080. The van der Waals surface area contributed by atoms with E-state index in [2.05, 4.69) is 62.2 Å². The molecular weight excluding hydrogens is 412 g/mol. The molecule has 2 aromatic carbocycles. The minimum Gasteiger partial charge on any atom is -0.486 e. The lowest BCUT2D eigenvalue weighted by Crippen LogP contribution is -2.56. The first-order valence-corrected chi connectivity index (χ1v) is 12.5. The smallest absolute Gasteiger partial charge is 0.198 e. The molecular formula is C28H34N2O3. The van der Waals surface area contributed by atoms with Gasteiger partial charge in [-0.25, -0.2) is 5.01 Å². The van der Waals surface area contributed by atoms with Gasteiger partial charge in [-0.15, -0.1) is 0 Å². The van der Waals surface area contributed by atoms with E-state index in [1.165, 1.54) is 24.8 Å². The highest BCUT2D eigenvalue weighted by atomic mass is 16.6. The Balaban J connectivity index is 1.35. The van der Waals surface area contributed by atoms with Gasteiger partial charge in [0.05, 0.1) is 11.8 Å². The van der Waals surface area contributed by atoms with E-state index >= 15 is 0 Å². The summed E-state index contributed by atoms with van der Waals surface area (Å²) in [6, 6.07) is 15.0. The molecule has 0 bridgehead atoms. The summed E-state index contributed by atoms with van der Waals surface area (Å²) in [5, 5.41) is 7.56. The number of hydrogen-bond acceptors (Lipinski definition) is 5. The van der Waals surface area contributed by atoms with E-state index in [1.807, 2.05) is 6.07 Å². The SMILES string of the molecule is CCC(C)(C)C1CCC2(CC1)Oc1ccccc1[C@@H]1CC(c3ccc4c(c3)OCCO4)=NN12. The quantitative estimate of drug-likeness (QED) is 0.553. The minimum absolute atomic E-state index is 0.217. The fourth-order valence-corrected chi connectivity index (χ4v) is 6.10. The van der Waals surface area contributed by atoms with Crippen LogP contribution in [-0.4, -0.2) is 29.7 Å². The summed E-state index contributed by atoms with van der Waals surface area (Å²) >= 11 is 0. The van der Waals surface area contributed by atoms with E-state index in [0.29, 0.717) is 18.6 Å².